The maximum absolute atomic E-state index is 12.1. The predicted octanol–water partition coefficient (Wildman–Crippen LogP) is 2.87. The Balaban J connectivity index is 1.55. The van der Waals surface area contributed by atoms with Crippen molar-refractivity contribution in [3.8, 4) is 6.07 Å². The number of hydrogen-bond acceptors (Lipinski definition) is 4. The summed E-state index contributed by atoms with van der Waals surface area (Å²) in [5, 5.41) is 11.7. The van der Waals surface area contributed by atoms with Crippen LogP contribution in [0.3, 0.4) is 0 Å². The molecular formula is C19H20N4O. The molecule has 0 atom stereocenters. The van der Waals surface area contributed by atoms with Crippen LogP contribution in [0.25, 0.3) is 0 Å². The first-order chi connectivity index (χ1) is 11.8. The molecule has 5 nitrogen and oxygen atoms in total. The normalized spacial score (nSPS) is 14.0. The maximum Gasteiger partial charge on any atom is 0.251 e. The molecule has 1 N–H and O–H groups in total. The molecule has 2 heterocycles. The van der Waals surface area contributed by atoms with E-state index in [1.807, 2.05) is 24.4 Å². The summed E-state index contributed by atoms with van der Waals surface area (Å²) in [4.78, 5) is 18.9. The van der Waals surface area contributed by atoms with Crippen LogP contribution < -0.4 is 10.2 Å². The van der Waals surface area contributed by atoms with Gasteiger partial charge in [-0.25, -0.2) is 4.98 Å². The number of hydrogen-bond donors (Lipinski definition) is 1. The monoisotopic (exact) mass is 320 g/mol. The van der Waals surface area contributed by atoms with Gasteiger partial charge in [0.1, 0.15) is 5.82 Å². The summed E-state index contributed by atoms with van der Waals surface area (Å²) in [6.07, 6.45) is 5.58. The molecule has 1 aliphatic heterocycles. The second kappa shape index (κ2) is 7.60. The third kappa shape index (κ3) is 3.90. The van der Waals surface area contributed by atoms with Gasteiger partial charge in [-0.15, -0.1) is 0 Å². The molecule has 122 valence electrons. The van der Waals surface area contributed by atoms with Crippen LogP contribution in [0.15, 0.2) is 42.6 Å². The summed E-state index contributed by atoms with van der Waals surface area (Å²) in [6.45, 7) is 2.58. The fourth-order valence-electron chi connectivity index (χ4n) is 2.81. The summed E-state index contributed by atoms with van der Waals surface area (Å²) in [5.41, 5.74) is 2.06. The number of piperidine rings is 1. The van der Waals surface area contributed by atoms with Crippen molar-refractivity contribution in [3.63, 3.8) is 0 Å². The second-order valence-corrected chi connectivity index (χ2v) is 5.94. The van der Waals surface area contributed by atoms with E-state index in [1.54, 1.807) is 24.3 Å². The van der Waals surface area contributed by atoms with Gasteiger partial charge in [0.15, 0.2) is 0 Å². The first-order valence-electron chi connectivity index (χ1n) is 8.24. The van der Waals surface area contributed by atoms with Crippen LogP contribution in [0.2, 0.25) is 0 Å². The van der Waals surface area contributed by atoms with Crippen LogP contribution in [0, 0.1) is 11.3 Å². The molecule has 0 aliphatic carbocycles. The Bertz CT molecular complexity index is 725. The molecular weight excluding hydrogens is 300 g/mol. The van der Waals surface area contributed by atoms with Crippen LogP contribution in [0.1, 0.15) is 40.7 Å². The third-order valence-corrected chi connectivity index (χ3v) is 4.22. The zero-order valence-electron chi connectivity index (χ0n) is 13.5. The number of aromatic nitrogens is 1. The highest BCUT2D eigenvalue weighted by atomic mass is 16.1. The van der Waals surface area contributed by atoms with Crippen LogP contribution in [-0.4, -0.2) is 24.0 Å². The van der Waals surface area contributed by atoms with Crippen LogP contribution in [-0.2, 0) is 6.54 Å². The highest BCUT2D eigenvalue weighted by Gasteiger charge is 2.12. The lowest BCUT2D eigenvalue weighted by Gasteiger charge is -2.27. The van der Waals surface area contributed by atoms with Gasteiger partial charge in [-0.1, -0.05) is 6.07 Å². The SMILES string of the molecule is N#Cc1ccc(C(=O)NCc2ccc(N3CCCCC3)nc2)cc1. The zero-order chi connectivity index (χ0) is 16.8. The van der Waals surface area contributed by atoms with Gasteiger partial charge in [0.05, 0.1) is 11.6 Å². The average Bonchev–Trinajstić information content (AvgIpc) is 2.67. The van der Waals surface area contributed by atoms with Crippen molar-refractivity contribution in [1.29, 1.82) is 5.26 Å². The predicted molar refractivity (Wildman–Crippen MR) is 92.6 cm³/mol. The van der Waals surface area contributed by atoms with E-state index < -0.39 is 0 Å². The Morgan fingerprint density at radius 2 is 1.88 bits per heavy atom. The van der Waals surface area contributed by atoms with E-state index in [0.29, 0.717) is 17.7 Å². The number of carbonyl (C=O) groups excluding carboxylic acids is 1. The Morgan fingerprint density at radius 1 is 1.12 bits per heavy atom. The van der Waals surface area contributed by atoms with Crippen molar-refractivity contribution in [1.82, 2.24) is 10.3 Å². The van der Waals surface area contributed by atoms with E-state index in [2.05, 4.69) is 15.2 Å². The topological polar surface area (TPSA) is 69.0 Å². The minimum absolute atomic E-state index is 0.153. The summed E-state index contributed by atoms with van der Waals surface area (Å²) < 4.78 is 0. The van der Waals surface area contributed by atoms with Crippen LogP contribution >= 0.6 is 0 Å². The first-order valence-corrected chi connectivity index (χ1v) is 8.24. The average molecular weight is 320 g/mol. The largest absolute Gasteiger partial charge is 0.357 e. The molecule has 0 radical (unpaired) electrons. The van der Waals surface area contributed by atoms with Gasteiger partial charge in [0.25, 0.3) is 5.91 Å². The van der Waals surface area contributed by atoms with Crippen molar-refractivity contribution < 1.29 is 4.79 Å². The number of amides is 1. The molecule has 0 spiro atoms. The maximum atomic E-state index is 12.1. The standard InChI is InChI=1S/C19H20N4O/c20-12-15-4-7-17(8-5-15)19(24)22-14-16-6-9-18(21-13-16)23-10-2-1-3-11-23/h4-9,13H,1-3,10-11,14H2,(H,22,24). The summed E-state index contributed by atoms with van der Waals surface area (Å²) in [7, 11) is 0. The number of carbonyl (C=O) groups is 1. The quantitative estimate of drug-likeness (QED) is 0.940. The minimum atomic E-state index is -0.153. The fraction of sp³-hybridized carbons (Fsp3) is 0.316. The van der Waals surface area contributed by atoms with Crippen molar-refractivity contribution in [3.05, 3.63) is 59.3 Å². The molecule has 0 unspecified atom stereocenters. The molecule has 3 rings (SSSR count). The van der Waals surface area contributed by atoms with Crippen molar-refractivity contribution >= 4 is 11.7 Å². The van der Waals surface area contributed by atoms with Gasteiger partial charge < -0.3 is 10.2 Å². The highest BCUT2D eigenvalue weighted by Crippen LogP contribution is 2.17. The van der Waals surface area contributed by atoms with Crippen LogP contribution in [0.5, 0.6) is 0 Å². The van der Waals surface area contributed by atoms with Gasteiger partial charge in [-0.2, -0.15) is 5.26 Å². The lowest BCUT2D eigenvalue weighted by Crippen LogP contribution is -2.30. The number of rotatable bonds is 4. The minimum Gasteiger partial charge on any atom is -0.357 e. The van der Waals surface area contributed by atoms with Crippen molar-refractivity contribution in [2.75, 3.05) is 18.0 Å². The molecule has 1 fully saturated rings. The Hall–Kier alpha value is -2.87. The number of benzene rings is 1. The van der Waals surface area contributed by atoms with Gasteiger partial charge in [-0.3, -0.25) is 4.79 Å². The summed E-state index contributed by atoms with van der Waals surface area (Å²) in [5.74, 6) is 0.858. The summed E-state index contributed by atoms with van der Waals surface area (Å²) >= 11 is 0. The zero-order valence-corrected chi connectivity index (χ0v) is 13.5. The molecule has 1 aromatic heterocycles. The van der Waals surface area contributed by atoms with E-state index in [0.717, 1.165) is 24.5 Å². The highest BCUT2D eigenvalue weighted by molar-refractivity contribution is 5.94. The van der Waals surface area contributed by atoms with E-state index in [1.165, 1.54) is 19.3 Å². The lowest BCUT2D eigenvalue weighted by molar-refractivity contribution is 0.0951. The smallest absolute Gasteiger partial charge is 0.251 e. The molecule has 1 amide bonds. The van der Waals surface area contributed by atoms with Gasteiger partial charge >= 0.3 is 0 Å². The lowest BCUT2D eigenvalue weighted by atomic mass is 10.1. The molecule has 1 aliphatic rings. The molecule has 24 heavy (non-hydrogen) atoms. The third-order valence-electron chi connectivity index (χ3n) is 4.22. The number of anilines is 1. The Morgan fingerprint density at radius 3 is 2.50 bits per heavy atom. The second-order valence-electron chi connectivity index (χ2n) is 5.94. The summed E-state index contributed by atoms with van der Waals surface area (Å²) in [6, 6.07) is 12.7. The number of nitrogens with one attached hydrogen (secondary N) is 1. The van der Waals surface area contributed by atoms with Crippen LogP contribution in [0.4, 0.5) is 5.82 Å². The fourth-order valence-corrected chi connectivity index (χ4v) is 2.81. The Labute approximate surface area is 141 Å². The molecule has 0 saturated carbocycles. The van der Waals surface area contributed by atoms with E-state index in [4.69, 9.17) is 5.26 Å². The molecule has 1 saturated heterocycles. The van der Waals surface area contributed by atoms with Gasteiger partial charge in [0.2, 0.25) is 0 Å². The van der Waals surface area contributed by atoms with Gasteiger partial charge in [0, 0.05) is 31.4 Å². The van der Waals surface area contributed by atoms with Gasteiger partial charge in [-0.05, 0) is 55.2 Å². The van der Waals surface area contributed by atoms with Crippen molar-refractivity contribution in [2.45, 2.75) is 25.8 Å². The number of pyridine rings is 1. The van der Waals surface area contributed by atoms with E-state index in [9.17, 15) is 4.79 Å². The molecule has 2 aromatic rings. The first kappa shape index (κ1) is 16.0. The Kier molecular flexibility index (Phi) is 5.07. The molecule has 0 bridgehead atoms. The number of nitrogens with zero attached hydrogens (tertiary/aromatic N) is 3. The number of nitriles is 1. The molecule has 1 aromatic carbocycles. The van der Waals surface area contributed by atoms with Crippen molar-refractivity contribution in [2.24, 2.45) is 0 Å². The van der Waals surface area contributed by atoms with E-state index >= 15 is 0 Å². The van der Waals surface area contributed by atoms with E-state index in [-0.39, 0.29) is 5.91 Å². The molecule has 5 heteroatoms.